The molecule has 0 aliphatic heterocycles. The molecule has 1 aliphatic rings. The molecule has 5 heteroatoms. The summed E-state index contributed by atoms with van der Waals surface area (Å²) in [6, 6.07) is 7.31. The standard InChI is InChI=1S/C16H24N2O3/c1-20-14-8-4-3-7-13(14)18-15(19)11-21-16(12-17)9-5-2-6-10-16/h3-4,7-8H,2,5-6,9-12,17H2,1H3,(H,18,19). The molecule has 116 valence electrons. The van der Waals surface area contributed by atoms with E-state index in [-0.39, 0.29) is 18.1 Å². The van der Waals surface area contributed by atoms with E-state index in [0.29, 0.717) is 18.0 Å². The van der Waals surface area contributed by atoms with E-state index in [2.05, 4.69) is 5.32 Å². The number of carbonyl (C=O) groups excluding carboxylic acids is 1. The van der Waals surface area contributed by atoms with Crippen LogP contribution in [0.2, 0.25) is 0 Å². The van der Waals surface area contributed by atoms with Gasteiger partial charge in [-0.25, -0.2) is 0 Å². The van der Waals surface area contributed by atoms with Crippen molar-refractivity contribution in [1.29, 1.82) is 0 Å². The van der Waals surface area contributed by atoms with E-state index in [1.54, 1.807) is 19.2 Å². The first-order valence-electron chi connectivity index (χ1n) is 7.46. The van der Waals surface area contributed by atoms with Gasteiger partial charge < -0.3 is 20.5 Å². The largest absolute Gasteiger partial charge is 0.495 e. The van der Waals surface area contributed by atoms with Crippen LogP contribution in [0.3, 0.4) is 0 Å². The summed E-state index contributed by atoms with van der Waals surface area (Å²) in [5.74, 6) is 0.454. The topological polar surface area (TPSA) is 73.6 Å². The molecule has 0 saturated heterocycles. The molecule has 1 fully saturated rings. The van der Waals surface area contributed by atoms with E-state index in [1.807, 2.05) is 12.1 Å². The lowest BCUT2D eigenvalue weighted by Gasteiger charge is -2.35. The summed E-state index contributed by atoms with van der Waals surface area (Å²) < 4.78 is 11.1. The van der Waals surface area contributed by atoms with Crippen LogP contribution in [0.1, 0.15) is 32.1 Å². The van der Waals surface area contributed by atoms with Gasteiger partial charge in [0.1, 0.15) is 12.4 Å². The van der Waals surface area contributed by atoms with Crippen molar-refractivity contribution in [2.24, 2.45) is 5.73 Å². The molecule has 0 radical (unpaired) electrons. The lowest BCUT2D eigenvalue weighted by atomic mass is 9.85. The summed E-state index contributed by atoms with van der Waals surface area (Å²) in [5.41, 5.74) is 6.17. The van der Waals surface area contributed by atoms with Gasteiger partial charge in [0.2, 0.25) is 0 Å². The Hall–Kier alpha value is -1.59. The Kier molecular flexibility index (Phi) is 5.59. The Labute approximate surface area is 125 Å². The summed E-state index contributed by atoms with van der Waals surface area (Å²) in [7, 11) is 1.58. The van der Waals surface area contributed by atoms with Crippen molar-refractivity contribution in [3.05, 3.63) is 24.3 Å². The maximum atomic E-state index is 12.0. The number of carbonyl (C=O) groups is 1. The zero-order chi connectivity index (χ0) is 15.1. The Balaban J connectivity index is 1.89. The van der Waals surface area contributed by atoms with Crippen LogP contribution in [0.15, 0.2) is 24.3 Å². The number of amides is 1. The highest BCUT2D eigenvalue weighted by atomic mass is 16.5. The van der Waals surface area contributed by atoms with E-state index in [0.717, 1.165) is 25.7 Å². The highest BCUT2D eigenvalue weighted by Crippen LogP contribution is 2.30. The molecule has 1 amide bonds. The van der Waals surface area contributed by atoms with E-state index in [4.69, 9.17) is 15.2 Å². The second-order valence-electron chi connectivity index (χ2n) is 5.48. The number of hydrogen-bond acceptors (Lipinski definition) is 4. The third-order valence-electron chi connectivity index (χ3n) is 4.03. The Bertz CT molecular complexity index is 470. The number of methoxy groups -OCH3 is 1. The second-order valence-corrected chi connectivity index (χ2v) is 5.48. The van der Waals surface area contributed by atoms with Gasteiger partial charge in [0.05, 0.1) is 18.4 Å². The average molecular weight is 292 g/mol. The van der Waals surface area contributed by atoms with Crippen LogP contribution in [0.4, 0.5) is 5.69 Å². The fourth-order valence-corrected chi connectivity index (χ4v) is 2.76. The molecule has 0 spiro atoms. The van der Waals surface area contributed by atoms with Gasteiger partial charge in [-0.1, -0.05) is 31.4 Å². The smallest absolute Gasteiger partial charge is 0.250 e. The summed E-state index contributed by atoms with van der Waals surface area (Å²) >= 11 is 0. The van der Waals surface area contributed by atoms with E-state index >= 15 is 0 Å². The van der Waals surface area contributed by atoms with Crippen molar-refractivity contribution in [3.8, 4) is 5.75 Å². The molecule has 1 aliphatic carbocycles. The van der Waals surface area contributed by atoms with Gasteiger partial charge in [-0.3, -0.25) is 4.79 Å². The second kappa shape index (κ2) is 7.43. The van der Waals surface area contributed by atoms with Crippen LogP contribution >= 0.6 is 0 Å². The predicted octanol–water partition coefficient (Wildman–Crippen LogP) is 2.31. The normalized spacial score (nSPS) is 17.2. The number of anilines is 1. The Morgan fingerprint density at radius 2 is 2.00 bits per heavy atom. The van der Waals surface area contributed by atoms with Gasteiger partial charge in [0.15, 0.2) is 0 Å². The fraction of sp³-hybridized carbons (Fsp3) is 0.562. The molecule has 0 unspecified atom stereocenters. The van der Waals surface area contributed by atoms with Gasteiger partial charge in [-0.05, 0) is 25.0 Å². The summed E-state index contributed by atoms with van der Waals surface area (Å²) in [4.78, 5) is 12.0. The van der Waals surface area contributed by atoms with Crippen molar-refractivity contribution < 1.29 is 14.3 Å². The summed E-state index contributed by atoms with van der Waals surface area (Å²) in [6.45, 7) is 0.490. The molecule has 0 atom stereocenters. The maximum absolute atomic E-state index is 12.0. The van der Waals surface area contributed by atoms with E-state index in [1.165, 1.54) is 6.42 Å². The number of rotatable bonds is 6. The van der Waals surface area contributed by atoms with Crippen LogP contribution in [-0.4, -0.2) is 31.8 Å². The van der Waals surface area contributed by atoms with Crippen LogP contribution in [0.5, 0.6) is 5.75 Å². The zero-order valence-electron chi connectivity index (χ0n) is 12.6. The van der Waals surface area contributed by atoms with E-state index in [9.17, 15) is 4.79 Å². The minimum absolute atomic E-state index is 0.0231. The first kappa shape index (κ1) is 15.8. The minimum atomic E-state index is -0.323. The number of benzene rings is 1. The van der Waals surface area contributed by atoms with Gasteiger partial charge in [-0.15, -0.1) is 0 Å². The molecular weight excluding hydrogens is 268 g/mol. The predicted molar refractivity (Wildman–Crippen MR) is 82.4 cm³/mol. The van der Waals surface area contributed by atoms with Crippen LogP contribution in [0, 0.1) is 0 Å². The van der Waals surface area contributed by atoms with Crippen molar-refractivity contribution in [2.75, 3.05) is 25.6 Å². The van der Waals surface area contributed by atoms with Crippen molar-refractivity contribution >= 4 is 11.6 Å². The molecule has 1 aromatic carbocycles. The van der Waals surface area contributed by atoms with E-state index < -0.39 is 0 Å². The molecule has 21 heavy (non-hydrogen) atoms. The van der Waals surface area contributed by atoms with Gasteiger partial charge >= 0.3 is 0 Å². The summed E-state index contributed by atoms with van der Waals surface area (Å²) in [5, 5.41) is 2.81. The number of para-hydroxylation sites is 2. The van der Waals surface area contributed by atoms with Crippen molar-refractivity contribution in [2.45, 2.75) is 37.7 Å². The van der Waals surface area contributed by atoms with Gasteiger partial charge in [-0.2, -0.15) is 0 Å². The number of hydrogen-bond donors (Lipinski definition) is 2. The number of nitrogens with one attached hydrogen (secondary N) is 1. The van der Waals surface area contributed by atoms with Gasteiger partial charge in [0.25, 0.3) is 5.91 Å². The lowest BCUT2D eigenvalue weighted by Crippen LogP contribution is -2.44. The molecule has 0 aromatic heterocycles. The fourth-order valence-electron chi connectivity index (χ4n) is 2.76. The minimum Gasteiger partial charge on any atom is -0.495 e. The molecular formula is C16H24N2O3. The maximum Gasteiger partial charge on any atom is 0.250 e. The average Bonchev–Trinajstić information content (AvgIpc) is 2.54. The third-order valence-corrected chi connectivity index (χ3v) is 4.03. The van der Waals surface area contributed by atoms with Crippen LogP contribution in [0.25, 0.3) is 0 Å². The monoisotopic (exact) mass is 292 g/mol. The SMILES string of the molecule is COc1ccccc1NC(=O)COC1(CN)CCCCC1. The van der Waals surface area contributed by atoms with Crippen molar-refractivity contribution in [1.82, 2.24) is 0 Å². The zero-order valence-corrected chi connectivity index (χ0v) is 12.6. The first-order valence-corrected chi connectivity index (χ1v) is 7.46. The highest BCUT2D eigenvalue weighted by Gasteiger charge is 2.32. The van der Waals surface area contributed by atoms with Crippen molar-refractivity contribution in [3.63, 3.8) is 0 Å². The number of nitrogens with two attached hydrogens (primary N) is 1. The Morgan fingerprint density at radius 3 is 2.67 bits per heavy atom. The highest BCUT2D eigenvalue weighted by molar-refractivity contribution is 5.93. The molecule has 0 heterocycles. The third kappa shape index (κ3) is 4.19. The molecule has 2 rings (SSSR count). The first-order chi connectivity index (χ1) is 10.2. The number of ether oxygens (including phenoxy) is 2. The van der Waals surface area contributed by atoms with Crippen LogP contribution in [-0.2, 0) is 9.53 Å². The molecule has 1 saturated carbocycles. The molecule has 5 nitrogen and oxygen atoms in total. The lowest BCUT2D eigenvalue weighted by molar-refractivity contribution is -0.130. The molecule has 3 N–H and O–H groups in total. The van der Waals surface area contributed by atoms with Gasteiger partial charge in [0, 0.05) is 6.54 Å². The molecule has 0 bridgehead atoms. The quantitative estimate of drug-likeness (QED) is 0.844. The molecule has 1 aromatic rings. The Morgan fingerprint density at radius 1 is 1.29 bits per heavy atom. The van der Waals surface area contributed by atoms with Crippen LogP contribution < -0.4 is 15.8 Å². The summed E-state index contributed by atoms with van der Waals surface area (Å²) in [6.07, 6.45) is 5.33.